The lowest BCUT2D eigenvalue weighted by molar-refractivity contribution is -0.121. The third-order valence-corrected chi connectivity index (χ3v) is 4.41. The molecule has 0 bridgehead atoms. The molecule has 0 saturated carbocycles. The predicted octanol–water partition coefficient (Wildman–Crippen LogP) is 0.761. The Balaban J connectivity index is 2.13. The van der Waals surface area contributed by atoms with E-state index in [2.05, 4.69) is 4.98 Å². The van der Waals surface area contributed by atoms with Gasteiger partial charge in [0.15, 0.2) is 0 Å². The second-order valence-electron chi connectivity index (χ2n) is 3.72. The van der Waals surface area contributed by atoms with Crippen molar-refractivity contribution in [3.63, 3.8) is 0 Å². The SMILES string of the molecule is O=C1/C(=C\c2ccc[nH]2)SC(=S)N1CCS(=O)(=O)[O-]. The molecule has 9 heteroatoms. The van der Waals surface area contributed by atoms with Crippen LogP contribution in [0.1, 0.15) is 5.69 Å². The maximum atomic E-state index is 12.0. The number of hydrogen-bond acceptors (Lipinski definition) is 6. The molecule has 0 aromatic carbocycles. The zero-order valence-corrected chi connectivity index (χ0v) is 12.0. The van der Waals surface area contributed by atoms with E-state index in [0.717, 1.165) is 22.4 Å². The van der Waals surface area contributed by atoms with Gasteiger partial charge in [0.25, 0.3) is 5.91 Å². The molecule has 1 saturated heterocycles. The first-order chi connectivity index (χ1) is 8.87. The van der Waals surface area contributed by atoms with Crippen molar-refractivity contribution in [2.75, 3.05) is 12.3 Å². The van der Waals surface area contributed by atoms with Crippen LogP contribution in [-0.2, 0) is 14.9 Å². The second kappa shape index (κ2) is 5.45. The van der Waals surface area contributed by atoms with Gasteiger partial charge in [-0.2, -0.15) is 0 Å². The number of nitrogens with one attached hydrogen (secondary N) is 1. The summed E-state index contributed by atoms with van der Waals surface area (Å²) in [5.74, 6) is -1.02. The minimum absolute atomic E-state index is 0.210. The van der Waals surface area contributed by atoms with Crippen LogP contribution in [0.15, 0.2) is 23.2 Å². The first-order valence-corrected chi connectivity index (χ1v) is 7.99. The Morgan fingerprint density at radius 3 is 2.84 bits per heavy atom. The number of rotatable bonds is 4. The maximum absolute atomic E-state index is 12.0. The monoisotopic (exact) mass is 317 g/mol. The van der Waals surface area contributed by atoms with Crippen LogP contribution < -0.4 is 0 Å². The van der Waals surface area contributed by atoms with E-state index < -0.39 is 15.9 Å². The van der Waals surface area contributed by atoms with Crippen LogP contribution in [-0.4, -0.2) is 45.4 Å². The number of thiocarbonyl (C=S) groups is 1. The zero-order valence-electron chi connectivity index (χ0n) is 9.53. The molecule has 6 nitrogen and oxygen atoms in total. The van der Waals surface area contributed by atoms with Crippen LogP contribution in [0.25, 0.3) is 6.08 Å². The van der Waals surface area contributed by atoms with Gasteiger partial charge in [-0.25, -0.2) is 8.42 Å². The number of carbonyl (C=O) groups is 1. The average Bonchev–Trinajstić information content (AvgIpc) is 2.87. The predicted molar refractivity (Wildman–Crippen MR) is 75.2 cm³/mol. The van der Waals surface area contributed by atoms with Crippen molar-refractivity contribution in [3.05, 3.63) is 28.9 Å². The van der Waals surface area contributed by atoms with Crippen LogP contribution in [0.5, 0.6) is 0 Å². The van der Waals surface area contributed by atoms with Crippen molar-refractivity contribution in [2.45, 2.75) is 0 Å². The minimum atomic E-state index is -4.36. The van der Waals surface area contributed by atoms with Crippen LogP contribution in [0, 0.1) is 0 Å². The normalized spacial score (nSPS) is 18.6. The highest BCUT2D eigenvalue weighted by molar-refractivity contribution is 8.26. The molecule has 1 aliphatic heterocycles. The Hall–Kier alpha value is -1.16. The summed E-state index contributed by atoms with van der Waals surface area (Å²) >= 11 is 6.08. The summed E-state index contributed by atoms with van der Waals surface area (Å²) in [6, 6.07) is 3.57. The molecule has 0 unspecified atom stereocenters. The number of hydrogen-bond donors (Lipinski definition) is 1. The minimum Gasteiger partial charge on any atom is -0.748 e. The number of H-pyrrole nitrogens is 1. The van der Waals surface area contributed by atoms with Crippen molar-refractivity contribution in [1.82, 2.24) is 9.88 Å². The summed E-state index contributed by atoms with van der Waals surface area (Å²) in [6.07, 6.45) is 3.35. The van der Waals surface area contributed by atoms with Gasteiger partial charge in [0, 0.05) is 18.4 Å². The van der Waals surface area contributed by atoms with Gasteiger partial charge in [-0.15, -0.1) is 0 Å². The van der Waals surface area contributed by atoms with Gasteiger partial charge in [0.1, 0.15) is 4.32 Å². The number of amides is 1. The highest BCUT2D eigenvalue weighted by atomic mass is 32.2. The highest BCUT2D eigenvalue weighted by Gasteiger charge is 2.31. The molecule has 19 heavy (non-hydrogen) atoms. The maximum Gasteiger partial charge on any atom is 0.266 e. The third kappa shape index (κ3) is 3.66. The summed E-state index contributed by atoms with van der Waals surface area (Å²) in [4.78, 5) is 16.4. The fraction of sp³-hybridized carbons (Fsp3) is 0.200. The summed E-state index contributed by atoms with van der Waals surface area (Å²) in [5, 5.41) is 0. The number of carbonyl (C=O) groups excluding carboxylic acids is 1. The van der Waals surface area contributed by atoms with Crippen LogP contribution in [0.3, 0.4) is 0 Å². The molecule has 2 rings (SSSR count). The fourth-order valence-corrected chi connectivity index (χ4v) is 3.18. The van der Waals surface area contributed by atoms with Crippen LogP contribution >= 0.6 is 24.0 Å². The third-order valence-electron chi connectivity index (χ3n) is 2.35. The van der Waals surface area contributed by atoms with Gasteiger partial charge in [-0.3, -0.25) is 9.69 Å². The molecule has 1 aromatic rings. The largest absolute Gasteiger partial charge is 0.748 e. The van der Waals surface area contributed by atoms with Gasteiger partial charge in [0.2, 0.25) is 0 Å². The number of aromatic nitrogens is 1. The summed E-state index contributed by atoms with van der Waals surface area (Å²) in [6.45, 7) is -0.210. The Morgan fingerprint density at radius 1 is 1.53 bits per heavy atom. The molecular formula is C10H9N2O4S3-. The number of nitrogens with zero attached hydrogens (tertiary/aromatic N) is 1. The molecule has 0 spiro atoms. The molecule has 1 amide bonds. The fourth-order valence-electron chi connectivity index (χ4n) is 1.47. The molecule has 2 heterocycles. The Kier molecular flexibility index (Phi) is 4.09. The smallest absolute Gasteiger partial charge is 0.266 e. The summed E-state index contributed by atoms with van der Waals surface area (Å²) in [7, 11) is -4.36. The molecule has 0 atom stereocenters. The topological polar surface area (TPSA) is 93.3 Å². The Morgan fingerprint density at radius 2 is 2.26 bits per heavy atom. The van der Waals surface area contributed by atoms with Gasteiger partial charge in [-0.05, 0) is 18.2 Å². The number of aromatic amines is 1. The Bertz CT molecular complexity index is 634. The van der Waals surface area contributed by atoms with Gasteiger partial charge in [-0.1, -0.05) is 24.0 Å². The summed E-state index contributed by atoms with van der Waals surface area (Å²) in [5.41, 5.74) is 0.747. The van der Waals surface area contributed by atoms with Crippen molar-refractivity contribution in [2.24, 2.45) is 0 Å². The van der Waals surface area contributed by atoms with E-state index in [1.54, 1.807) is 24.4 Å². The van der Waals surface area contributed by atoms with Gasteiger partial charge >= 0.3 is 0 Å². The lowest BCUT2D eigenvalue weighted by Crippen LogP contribution is -2.32. The van der Waals surface area contributed by atoms with Crippen molar-refractivity contribution in [1.29, 1.82) is 0 Å². The van der Waals surface area contributed by atoms with E-state index in [1.165, 1.54) is 0 Å². The molecule has 0 radical (unpaired) electrons. The van der Waals surface area contributed by atoms with E-state index in [0.29, 0.717) is 4.91 Å². The van der Waals surface area contributed by atoms with E-state index in [9.17, 15) is 17.8 Å². The van der Waals surface area contributed by atoms with Gasteiger partial charge < -0.3 is 9.54 Å². The first kappa shape index (κ1) is 14.3. The van der Waals surface area contributed by atoms with Gasteiger partial charge in [0.05, 0.1) is 20.8 Å². The second-order valence-corrected chi connectivity index (χ2v) is 6.92. The molecule has 1 fully saturated rings. The molecular weight excluding hydrogens is 308 g/mol. The van der Waals surface area contributed by atoms with Crippen LogP contribution in [0.2, 0.25) is 0 Å². The lowest BCUT2D eigenvalue weighted by atomic mass is 10.3. The lowest BCUT2D eigenvalue weighted by Gasteiger charge is -2.15. The van der Waals surface area contributed by atoms with E-state index in [1.807, 2.05) is 0 Å². The molecule has 1 N–H and O–H groups in total. The molecule has 102 valence electrons. The summed E-state index contributed by atoms with van der Waals surface area (Å²) < 4.78 is 32.0. The van der Waals surface area contributed by atoms with E-state index in [-0.39, 0.29) is 16.8 Å². The van der Waals surface area contributed by atoms with Crippen molar-refractivity contribution >= 4 is 50.4 Å². The first-order valence-electron chi connectivity index (χ1n) is 5.19. The molecule has 0 aliphatic carbocycles. The average molecular weight is 317 g/mol. The highest BCUT2D eigenvalue weighted by Crippen LogP contribution is 2.32. The Labute approximate surface area is 119 Å². The van der Waals surface area contributed by atoms with Crippen molar-refractivity contribution in [3.8, 4) is 0 Å². The van der Waals surface area contributed by atoms with E-state index >= 15 is 0 Å². The van der Waals surface area contributed by atoms with Crippen molar-refractivity contribution < 1.29 is 17.8 Å². The van der Waals surface area contributed by atoms with Crippen LogP contribution in [0.4, 0.5) is 0 Å². The molecule has 1 aromatic heterocycles. The molecule has 1 aliphatic rings. The quantitative estimate of drug-likeness (QED) is 0.501. The zero-order chi connectivity index (χ0) is 14.0. The standard InChI is InChI=1S/C10H10N2O4S3/c13-9-8(6-7-2-1-3-11-7)18-10(17)12(9)4-5-19(14,15)16/h1-3,6,11H,4-5H2,(H,14,15,16)/p-1/b8-6+. The number of thioether (sulfide) groups is 1. The van der Waals surface area contributed by atoms with E-state index in [4.69, 9.17) is 12.2 Å².